The Balaban J connectivity index is 1.48. The van der Waals surface area contributed by atoms with Crippen molar-refractivity contribution in [2.45, 2.75) is 44.1 Å². The maximum atomic E-state index is 12.1. The third-order valence-electron chi connectivity index (χ3n) is 5.66. The van der Waals surface area contributed by atoms with Crippen LogP contribution in [0.4, 0.5) is 10.6 Å². The van der Waals surface area contributed by atoms with Crippen molar-refractivity contribution in [2.75, 3.05) is 18.0 Å². The van der Waals surface area contributed by atoms with Crippen LogP contribution in [0.1, 0.15) is 36.1 Å². The van der Waals surface area contributed by atoms with Crippen molar-refractivity contribution in [3.8, 4) is 0 Å². The molecule has 2 aromatic heterocycles. The maximum Gasteiger partial charge on any atom is 0.322 e. The molecule has 2 fully saturated rings. The number of piperidine rings is 1. The monoisotopic (exact) mass is 357 g/mol. The molecule has 0 aromatic carbocycles. The molecule has 0 unspecified atom stereocenters. The van der Waals surface area contributed by atoms with E-state index in [1.807, 2.05) is 0 Å². The van der Waals surface area contributed by atoms with E-state index in [0.717, 1.165) is 23.5 Å². The van der Waals surface area contributed by atoms with E-state index in [2.05, 4.69) is 25.5 Å². The highest BCUT2D eigenvalue weighted by Crippen LogP contribution is 2.40. The molecule has 0 saturated carbocycles. The Bertz CT molecular complexity index is 885. The Morgan fingerprint density at radius 3 is 2.68 bits per heavy atom. The minimum atomic E-state index is -0.742. The smallest absolute Gasteiger partial charge is 0.322 e. The maximum absolute atomic E-state index is 12.1. The first kappa shape index (κ1) is 15.1. The van der Waals surface area contributed by atoms with Gasteiger partial charge in [-0.25, -0.2) is 14.8 Å². The molecule has 1 spiro atoms. The third-order valence-corrected chi connectivity index (χ3v) is 6.86. The largest absolute Gasteiger partial charge is 0.356 e. The summed E-state index contributed by atoms with van der Waals surface area (Å²) in [6.07, 6.45) is 7.57. The van der Waals surface area contributed by atoms with Gasteiger partial charge < -0.3 is 10.2 Å². The molecule has 2 N–H and O–H groups in total. The number of anilines is 1. The molecule has 3 aliphatic rings. The minimum Gasteiger partial charge on any atom is -0.356 e. The molecule has 4 heterocycles. The summed E-state index contributed by atoms with van der Waals surface area (Å²) in [5, 5.41) is 6.39. The van der Waals surface area contributed by atoms with Gasteiger partial charge in [-0.05, 0) is 44.1 Å². The molecular weight excluding hydrogens is 338 g/mol. The lowest BCUT2D eigenvalue weighted by molar-refractivity contribution is -0.124. The molecular formula is C17H19N5O2S. The minimum absolute atomic E-state index is 0.196. The number of nitrogens with one attached hydrogen (secondary N) is 2. The van der Waals surface area contributed by atoms with Gasteiger partial charge >= 0.3 is 6.03 Å². The molecule has 1 aliphatic carbocycles. The predicted molar refractivity (Wildman–Crippen MR) is 94.9 cm³/mol. The van der Waals surface area contributed by atoms with Crippen LogP contribution in [0.15, 0.2) is 6.33 Å². The molecule has 3 amide bonds. The number of urea groups is 1. The molecule has 0 atom stereocenters. The van der Waals surface area contributed by atoms with Crippen molar-refractivity contribution in [3.05, 3.63) is 16.8 Å². The molecule has 2 aliphatic heterocycles. The van der Waals surface area contributed by atoms with E-state index < -0.39 is 5.54 Å². The van der Waals surface area contributed by atoms with Crippen molar-refractivity contribution in [1.82, 2.24) is 20.6 Å². The van der Waals surface area contributed by atoms with Gasteiger partial charge in [-0.15, -0.1) is 11.3 Å². The van der Waals surface area contributed by atoms with E-state index in [0.29, 0.717) is 25.9 Å². The topological polar surface area (TPSA) is 87.2 Å². The number of carbonyl (C=O) groups is 2. The van der Waals surface area contributed by atoms with Crippen LogP contribution in [0.5, 0.6) is 0 Å². The summed E-state index contributed by atoms with van der Waals surface area (Å²) in [5.74, 6) is 0.793. The fourth-order valence-electron chi connectivity index (χ4n) is 4.29. The first-order valence-electron chi connectivity index (χ1n) is 8.80. The zero-order valence-electron chi connectivity index (χ0n) is 13.8. The van der Waals surface area contributed by atoms with E-state index in [-0.39, 0.29) is 11.9 Å². The van der Waals surface area contributed by atoms with Crippen molar-refractivity contribution in [2.24, 2.45) is 0 Å². The molecule has 2 aromatic rings. The lowest BCUT2D eigenvalue weighted by Crippen LogP contribution is -2.55. The number of fused-ring (bicyclic) bond motifs is 3. The van der Waals surface area contributed by atoms with Crippen LogP contribution in [0.25, 0.3) is 10.2 Å². The van der Waals surface area contributed by atoms with Gasteiger partial charge in [0.15, 0.2) is 0 Å². The summed E-state index contributed by atoms with van der Waals surface area (Å²) in [4.78, 5) is 37.5. The number of rotatable bonds is 1. The Hall–Kier alpha value is -2.22. The zero-order valence-corrected chi connectivity index (χ0v) is 14.6. The summed E-state index contributed by atoms with van der Waals surface area (Å²) < 4.78 is 0. The lowest BCUT2D eigenvalue weighted by Gasteiger charge is -2.37. The number of aryl methyl sites for hydroxylation is 2. The first-order chi connectivity index (χ1) is 12.2. The summed E-state index contributed by atoms with van der Waals surface area (Å²) in [5.41, 5.74) is 0.683. The fourth-order valence-corrected chi connectivity index (χ4v) is 5.52. The molecule has 25 heavy (non-hydrogen) atoms. The van der Waals surface area contributed by atoms with Gasteiger partial charge in [0.1, 0.15) is 22.5 Å². The van der Waals surface area contributed by atoms with E-state index in [1.54, 1.807) is 17.7 Å². The van der Waals surface area contributed by atoms with E-state index in [4.69, 9.17) is 0 Å². The second-order valence-electron chi connectivity index (χ2n) is 7.07. The quantitative estimate of drug-likeness (QED) is 0.759. The normalized spacial score (nSPS) is 22.2. The van der Waals surface area contributed by atoms with Gasteiger partial charge in [0.2, 0.25) is 0 Å². The van der Waals surface area contributed by atoms with Crippen LogP contribution >= 0.6 is 11.3 Å². The summed E-state index contributed by atoms with van der Waals surface area (Å²) >= 11 is 1.80. The highest BCUT2D eigenvalue weighted by molar-refractivity contribution is 7.19. The van der Waals surface area contributed by atoms with Crippen molar-refractivity contribution in [3.63, 3.8) is 0 Å². The van der Waals surface area contributed by atoms with Gasteiger partial charge in [-0.1, -0.05) is 0 Å². The Kier molecular flexibility index (Phi) is 3.25. The standard InChI is InChI=1S/C17H19N5O2S/c23-15-17(21-16(24)20-15)5-7-22(8-6-17)13-12-10-3-1-2-4-11(10)25-14(12)19-9-18-13/h9H,1-8H2,(H2,20,21,23,24). The second-order valence-corrected chi connectivity index (χ2v) is 8.15. The number of amides is 3. The van der Waals surface area contributed by atoms with Gasteiger partial charge in [0.25, 0.3) is 5.91 Å². The highest BCUT2D eigenvalue weighted by atomic mass is 32.1. The molecule has 7 nitrogen and oxygen atoms in total. The lowest BCUT2D eigenvalue weighted by atomic mass is 9.87. The Morgan fingerprint density at radius 2 is 1.92 bits per heavy atom. The number of nitrogens with zero attached hydrogens (tertiary/aromatic N) is 3. The molecule has 5 rings (SSSR count). The molecule has 8 heteroatoms. The zero-order chi connectivity index (χ0) is 17.0. The number of imide groups is 1. The fraction of sp³-hybridized carbons (Fsp3) is 0.529. The van der Waals surface area contributed by atoms with Crippen LogP contribution in [-0.2, 0) is 17.6 Å². The summed E-state index contributed by atoms with van der Waals surface area (Å²) in [6, 6.07) is -0.380. The van der Waals surface area contributed by atoms with E-state index >= 15 is 0 Å². The summed E-state index contributed by atoms with van der Waals surface area (Å²) in [6.45, 7) is 1.40. The van der Waals surface area contributed by atoms with Gasteiger partial charge in [-0.2, -0.15) is 0 Å². The molecule has 0 radical (unpaired) electrons. The SMILES string of the molecule is O=C1NC(=O)C2(CCN(c3ncnc4sc5c(c34)CCCC5)CC2)N1. The highest BCUT2D eigenvalue weighted by Gasteiger charge is 2.48. The van der Waals surface area contributed by atoms with Crippen molar-refractivity contribution < 1.29 is 9.59 Å². The Labute approximate surface area is 148 Å². The van der Waals surface area contributed by atoms with Crippen LogP contribution < -0.4 is 15.5 Å². The van der Waals surface area contributed by atoms with Gasteiger partial charge in [-0.3, -0.25) is 10.1 Å². The first-order valence-corrected chi connectivity index (χ1v) is 9.62. The van der Waals surface area contributed by atoms with E-state index in [9.17, 15) is 9.59 Å². The number of hydrogen-bond donors (Lipinski definition) is 2. The average molecular weight is 357 g/mol. The van der Waals surface area contributed by atoms with Crippen molar-refractivity contribution >= 4 is 39.3 Å². The molecule has 0 bridgehead atoms. The second kappa shape index (κ2) is 5.39. The average Bonchev–Trinajstić information content (AvgIpc) is 3.13. The number of aromatic nitrogens is 2. The van der Waals surface area contributed by atoms with Crippen LogP contribution in [0.3, 0.4) is 0 Å². The van der Waals surface area contributed by atoms with Gasteiger partial charge in [0.05, 0.1) is 5.39 Å². The van der Waals surface area contributed by atoms with Crippen LogP contribution in [-0.4, -0.2) is 40.5 Å². The molecule has 2 saturated heterocycles. The van der Waals surface area contributed by atoms with Crippen LogP contribution in [0.2, 0.25) is 0 Å². The number of carbonyl (C=O) groups excluding carboxylic acids is 2. The summed E-state index contributed by atoms with van der Waals surface area (Å²) in [7, 11) is 0. The third kappa shape index (κ3) is 2.23. The van der Waals surface area contributed by atoms with Crippen molar-refractivity contribution in [1.29, 1.82) is 0 Å². The van der Waals surface area contributed by atoms with Crippen LogP contribution in [0, 0.1) is 0 Å². The molecule has 130 valence electrons. The van der Waals surface area contributed by atoms with Gasteiger partial charge in [0, 0.05) is 18.0 Å². The number of thiophene rings is 1. The predicted octanol–water partition coefficient (Wildman–Crippen LogP) is 1.75. The number of hydrogen-bond acceptors (Lipinski definition) is 6. The van der Waals surface area contributed by atoms with E-state index in [1.165, 1.54) is 28.7 Å². The Morgan fingerprint density at radius 1 is 1.12 bits per heavy atom.